The standard InChI is InChI=1S/C16H25NO/c1-11(2)18-13-6-5-12-7-8-16(3,4)10-15(17)14(12)9-13/h5-6,9,11,15H,7-8,10,17H2,1-4H3. The molecule has 0 saturated heterocycles. The fourth-order valence-corrected chi connectivity index (χ4v) is 2.77. The summed E-state index contributed by atoms with van der Waals surface area (Å²) < 4.78 is 5.77. The maximum absolute atomic E-state index is 6.37. The minimum Gasteiger partial charge on any atom is -0.491 e. The number of benzene rings is 1. The van der Waals surface area contributed by atoms with Gasteiger partial charge in [-0.3, -0.25) is 0 Å². The van der Waals surface area contributed by atoms with Gasteiger partial charge < -0.3 is 10.5 Å². The normalized spacial score (nSPS) is 22.4. The van der Waals surface area contributed by atoms with Crippen molar-refractivity contribution in [1.82, 2.24) is 0 Å². The van der Waals surface area contributed by atoms with Crippen LogP contribution in [0.1, 0.15) is 57.7 Å². The van der Waals surface area contributed by atoms with Crippen LogP contribution in [0.15, 0.2) is 18.2 Å². The Morgan fingerprint density at radius 1 is 1.33 bits per heavy atom. The molecule has 0 heterocycles. The van der Waals surface area contributed by atoms with Crippen LogP contribution in [-0.2, 0) is 6.42 Å². The smallest absolute Gasteiger partial charge is 0.120 e. The molecule has 1 atom stereocenters. The molecular formula is C16H25NO. The number of hydrogen-bond donors (Lipinski definition) is 1. The summed E-state index contributed by atoms with van der Waals surface area (Å²) in [5, 5.41) is 0. The van der Waals surface area contributed by atoms with Crippen LogP contribution in [0.25, 0.3) is 0 Å². The summed E-state index contributed by atoms with van der Waals surface area (Å²) in [4.78, 5) is 0. The van der Waals surface area contributed by atoms with Gasteiger partial charge in [0, 0.05) is 6.04 Å². The summed E-state index contributed by atoms with van der Waals surface area (Å²) in [5.74, 6) is 0.943. The third-order valence-electron chi connectivity index (χ3n) is 3.73. The van der Waals surface area contributed by atoms with Crippen LogP contribution in [0, 0.1) is 5.41 Å². The van der Waals surface area contributed by atoms with Crippen LogP contribution in [0.4, 0.5) is 0 Å². The largest absolute Gasteiger partial charge is 0.491 e. The van der Waals surface area contributed by atoms with Crippen molar-refractivity contribution in [2.75, 3.05) is 0 Å². The van der Waals surface area contributed by atoms with Crippen LogP contribution in [0.3, 0.4) is 0 Å². The molecule has 1 aromatic carbocycles. The van der Waals surface area contributed by atoms with Gasteiger partial charge in [-0.15, -0.1) is 0 Å². The lowest BCUT2D eigenvalue weighted by molar-refractivity contribution is 0.242. The molecule has 0 amide bonds. The Hall–Kier alpha value is -1.02. The molecule has 0 bridgehead atoms. The van der Waals surface area contributed by atoms with Crippen LogP contribution in [-0.4, -0.2) is 6.10 Å². The minimum atomic E-state index is 0.133. The Kier molecular flexibility index (Phi) is 3.67. The second-order valence-electron chi connectivity index (χ2n) is 6.50. The molecule has 1 unspecified atom stereocenters. The molecule has 0 spiro atoms. The molecule has 2 rings (SSSR count). The van der Waals surface area contributed by atoms with Crippen LogP contribution >= 0.6 is 0 Å². The van der Waals surface area contributed by atoms with Crippen molar-refractivity contribution in [1.29, 1.82) is 0 Å². The van der Waals surface area contributed by atoms with E-state index in [1.807, 2.05) is 0 Å². The molecule has 2 nitrogen and oxygen atoms in total. The summed E-state index contributed by atoms with van der Waals surface area (Å²) in [6.07, 6.45) is 3.59. The Morgan fingerprint density at radius 2 is 2.06 bits per heavy atom. The number of hydrogen-bond acceptors (Lipinski definition) is 2. The molecule has 1 aliphatic carbocycles. The highest BCUT2D eigenvalue weighted by Gasteiger charge is 2.27. The molecule has 1 aliphatic rings. The van der Waals surface area contributed by atoms with Gasteiger partial charge in [-0.05, 0) is 61.8 Å². The fraction of sp³-hybridized carbons (Fsp3) is 0.625. The Labute approximate surface area is 111 Å². The number of fused-ring (bicyclic) bond motifs is 1. The maximum Gasteiger partial charge on any atom is 0.120 e. The van der Waals surface area contributed by atoms with E-state index < -0.39 is 0 Å². The zero-order chi connectivity index (χ0) is 13.3. The molecular weight excluding hydrogens is 222 g/mol. The molecule has 1 aromatic rings. The molecule has 100 valence electrons. The zero-order valence-corrected chi connectivity index (χ0v) is 12.0. The maximum atomic E-state index is 6.37. The van der Waals surface area contributed by atoms with Crippen LogP contribution in [0.5, 0.6) is 5.75 Å². The van der Waals surface area contributed by atoms with Gasteiger partial charge in [0.1, 0.15) is 5.75 Å². The van der Waals surface area contributed by atoms with Gasteiger partial charge in [-0.1, -0.05) is 19.9 Å². The zero-order valence-electron chi connectivity index (χ0n) is 12.0. The summed E-state index contributed by atoms with van der Waals surface area (Å²) >= 11 is 0. The number of rotatable bonds is 2. The lowest BCUT2D eigenvalue weighted by atomic mass is 9.83. The predicted molar refractivity (Wildman–Crippen MR) is 75.9 cm³/mol. The van der Waals surface area contributed by atoms with E-state index in [4.69, 9.17) is 10.5 Å². The molecule has 0 radical (unpaired) electrons. The van der Waals surface area contributed by atoms with E-state index in [9.17, 15) is 0 Å². The van der Waals surface area contributed by atoms with E-state index in [1.165, 1.54) is 17.5 Å². The Morgan fingerprint density at radius 3 is 2.72 bits per heavy atom. The number of ether oxygens (including phenoxy) is 1. The molecule has 2 N–H and O–H groups in total. The highest BCUT2D eigenvalue weighted by molar-refractivity contribution is 5.38. The minimum absolute atomic E-state index is 0.133. The first kappa shape index (κ1) is 13.4. The van der Waals surface area contributed by atoms with Crippen molar-refractivity contribution < 1.29 is 4.74 Å². The van der Waals surface area contributed by atoms with Gasteiger partial charge in [0.2, 0.25) is 0 Å². The van der Waals surface area contributed by atoms with Crippen molar-refractivity contribution in [3.63, 3.8) is 0 Å². The average molecular weight is 247 g/mol. The quantitative estimate of drug-likeness (QED) is 0.806. The van der Waals surface area contributed by atoms with Gasteiger partial charge >= 0.3 is 0 Å². The van der Waals surface area contributed by atoms with Crippen molar-refractivity contribution in [2.24, 2.45) is 11.1 Å². The van der Waals surface area contributed by atoms with E-state index in [2.05, 4.69) is 45.9 Å². The molecule has 0 aromatic heterocycles. The Bertz CT molecular complexity index is 423. The van der Waals surface area contributed by atoms with Gasteiger partial charge in [0.15, 0.2) is 0 Å². The summed E-state index contributed by atoms with van der Waals surface area (Å²) in [6, 6.07) is 6.53. The topological polar surface area (TPSA) is 35.2 Å². The molecule has 0 saturated carbocycles. The first-order valence-corrected chi connectivity index (χ1v) is 6.92. The summed E-state index contributed by atoms with van der Waals surface area (Å²) in [5.41, 5.74) is 9.37. The third kappa shape index (κ3) is 3.05. The molecule has 2 heteroatoms. The first-order chi connectivity index (χ1) is 8.37. The van der Waals surface area contributed by atoms with E-state index >= 15 is 0 Å². The lowest BCUT2D eigenvalue weighted by Crippen LogP contribution is -2.19. The average Bonchev–Trinajstić information content (AvgIpc) is 2.35. The monoisotopic (exact) mass is 247 g/mol. The second-order valence-corrected chi connectivity index (χ2v) is 6.50. The highest BCUT2D eigenvalue weighted by atomic mass is 16.5. The fourth-order valence-electron chi connectivity index (χ4n) is 2.77. The van der Waals surface area contributed by atoms with E-state index in [1.54, 1.807) is 0 Å². The summed E-state index contributed by atoms with van der Waals surface area (Å²) in [7, 11) is 0. The van der Waals surface area contributed by atoms with Crippen LogP contribution in [0.2, 0.25) is 0 Å². The van der Waals surface area contributed by atoms with Gasteiger partial charge in [-0.2, -0.15) is 0 Å². The molecule has 0 aliphatic heterocycles. The van der Waals surface area contributed by atoms with Crippen molar-refractivity contribution in [3.8, 4) is 5.75 Å². The van der Waals surface area contributed by atoms with Crippen molar-refractivity contribution >= 4 is 0 Å². The third-order valence-corrected chi connectivity index (χ3v) is 3.73. The predicted octanol–water partition coefficient (Wildman–Crippen LogP) is 3.84. The number of nitrogens with two attached hydrogens (primary N) is 1. The number of aryl methyl sites for hydroxylation is 1. The highest BCUT2D eigenvalue weighted by Crippen LogP contribution is 2.39. The Balaban J connectivity index is 2.29. The van der Waals surface area contributed by atoms with Crippen LogP contribution < -0.4 is 10.5 Å². The van der Waals surface area contributed by atoms with E-state index in [0.717, 1.165) is 18.6 Å². The second kappa shape index (κ2) is 4.93. The first-order valence-electron chi connectivity index (χ1n) is 6.92. The SMILES string of the molecule is CC(C)Oc1ccc2c(c1)C(N)CC(C)(C)CC2. The van der Waals surface area contributed by atoms with Gasteiger partial charge in [-0.25, -0.2) is 0 Å². The van der Waals surface area contributed by atoms with Gasteiger partial charge in [0.25, 0.3) is 0 Å². The molecule has 0 fully saturated rings. The van der Waals surface area contributed by atoms with Crippen molar-refractivity contribution in [3.05, 3.63) is 29.3 Å². The summed E-state index contributed by atoms with van der Waals surface area (Å²) in [6.45, 7) is 8.72. The van der Waals surface area contributed by atoms with E-state index in [0.29, 0.717) is 5.41 Å². The van der Waals surface area contributed by atoms with E-state index in [-0.39, 0.29) is 12.1 Å². The van der Waals surface area contributed by atoms with Gasteiger partial charge in [0.05, 0.1) is 6.10 Å². The van der Waals surface area contributed by atoms with Crippen molar-refractivity contribution in [2.45, 2.75) is 59.1 Å². The lowest BCUT2D eigenvalue weighted by Gasteiger charge is -2.24. The molecule has 18 heavy (non-hydrogen) atoms.